The summed E-state index contributed by atoms with van der Waals surface area (Å²) < 4.78 is 0. The van der Waals surface area contributed by atoms with Crippen molar-refractivity contribution in [2.45, 2.75) is 51.1 Å². The zero-order chi connectivity index (χ0) is 14.0. The van der Waals surface area contributed by atoms with Gasteiger partial charge in [-0.2, -0.15) is 11.8 Å². The Morgan fingerprint density at radius 1 is 1.33 bits per heavy atom. The van der Waals surface area contributed by atoms with E-state index in [2.05, 4.69) is 5.32 Å². The quantitative estimate of drug-likeness (QED) is 0.522. The van der Waals surface area contributed by atoms with Gasteiger partial charge in [-0.25, -0.2) is 4.79 Å². The Morgan fingerprint density at radius 2 is 2.00 bits per heavy atom. The van der Waals surface area contributed by atoms with Gasteiger partial charge in [0.05, 0.1) is 6.04 Å². The fourth-order valence-corrected chi connectivity index (χ4v) is 2.00. The molecule has 2 atom stereocenters. The van der Waals surface area contributed by atoms with Gasteiger partial charge in [0.2, 0.25) is 5.91 Å². The second-order valence-electron chi connectivity index (χ2n) is 4.28. The average molecular weight is 276 g/mol. The summed E-state index contributed by atoms with van der Waals surface area (Å²) in [6, 6.07) is -1.44. The molecular weight excluding hydrogens is 252 g/mol. The van der Waals surface area contributed by atoms with Crippen molar-refractivity contribution in [1.29, 1.82) is 0 Å². The highest BCUT2D eigenvalue weighted by Gasteiger charge is 2.22. The van der Waals surface area contributed by atoms with Gasteiger partial charge in [0.1, 0.15) is 6.04 Å². The largest absolute Gasteiger partial charge is 0.480 e. The minimum atomic E-state index is -0.989. The van der Waals surface area contributed by atoms with E-state index in [0.29, 0.717) is 12.8 Å². The summed E-state index contributed by atoms with van der Waals surface area (Å²) in [7, 11) is 0. The molecule has 0 aromatic rings. The molecule has 0 fully saturated rings. The second kappa shape index (κ2) is 10.2. The smallest absolute Gasteiger partial charge is 0.326 e. The fourth-order valence-electron chi connectivity index (χ4n) is 1.51. The lowest BCUT2D eigenvalue weighted by Gasteiger charge is -2.17. The predicted molar refractivity (Wildman–Crippen MR) is 74.7 cm³/mol. The molecule has 0 aliphatic rings. The standard InChI is InChI=1S/C12H24N2O3S/c1-3-4-5-6-10(12(16)17)14-11(15)9(13)7-8-18-2/h9-10H,3-8,13H2,1-2H3,(H,14,15)(H,16,17)/t9-,10+/m1/s1. The highest BCUT2D eigenvalue weighted by Crippen LogP contribution is 2.05. The molecule has 6 heteroatoms. The minimum Gasteiger partial charge on any atom is -0.480 e. The topological polar surface area (TPSA) is 92.4 Å². The van der Waals surface area contributed by atoms with Crippen LogP contribution in [-0.2, 0) is 9.59 Å². The van der Waals surface area contributed by atoms with Crippen LogP contribution in [-0.4, -0.2) is 41.1 Å². The summed E-state index contributed by atoms with van der Waals surface area (Å²) in [5, 5.41) is 11.5. The summed E-state index contributed by atoms with van der Waals surface area (Å²) in [4.78, 5) is 22.7. The predicted octanol–water partition coefficient (Wildman–Crippen LogP) is 1.22. The van der Waals surface area contributed by atoms with E-state index >= 15 is 0 Å². The van der Waals surface area contributed by atoms with Crippen LogP contribution >= 0.6 is 11.8 Å². The first kappa shape index (κ1) is 17.2. The Labute approximate surface area is 113 Å². The number of carbonyl (C=O) groups excluding carboxylic acids is 1. The van der Waals surface area contributed by atoms with Crippen molar-refractivity contribution in [3.8, 4) is 0 Å². The van der Waals surface area contributed by atoms with Crippen molar-refractivity contribution >= 4 is 23.6 Å². The summed E-state index contributed by atoms with van der Waals surface area (Å²) in [6.45, 7) is 2.05. The van der Waals surface area contributed by atoms with Crippen LogP contribution in [0.25, 0.3) is 0 Å². The van der Waals surface area contributed by atoms with E-state index in [1.807, 2.05) is 13.2 Å². The summed E-state index contributed by atoms with van der Waals surface area (Å²) >= 11 is 1.61. The highest BCUT2D eigenvalue weighted by molar-refractivity contribution is 7.98. The summed E-state index contributed by atoms with van der Waals surface area (Å²) in [6.07, 6.45) is 5.76. The van der Waals surface area contributed by atoms with Crippen molar-refractivity contribution in [3.63, 3.8) is 0 Å². The molecular formula is C12H24N2O3S. The van der Waals surface area contributed by atoms with Gasteiger partial charge >= 0.3 is 5.97 Å². The first-order chi connectivity index (χ1) is 8.52. The maximum Gasteiger partial charge on any atom is 0.326 e. The summed E-state index contributed by atoms with van der Waals surface area (Å²) in [5.74, 6) is -0.563. The van der Waals surface area contributed by atoms with Crippen molar-refractivity contribution in [2.24, 2.45) is 5.73 Å². The van der Waals surface area contributed by atoms with E-state index in [-0.39, 0.29) is 5.91 Å². The normalized spacial score (nSPS) is 13.9. The second-order valence-corrected chi connectivity index (χ2v) is 5.27. The van der Waals surface area contributed by atoms with Crippen LogP contribution in [0, 0.1) is 0 Å². The van der Waals surface area contributed by atoms with Crippen LogP contribution < -0.4 is 11.1 Å². The Balaban J connectivity index is 4.14. The third-order valence-electron chi connectivity index (χ3n) is 2.68. The molecule has 0 unspecified atom stereocenters. The van der Waals surface area contributed by atoms with E-state index < -0.39 is 18.1 Å². The van der Waals surface area contributed by atoms with Crippen LogP contribution in [0.3, 0.4) is 0 Å². The van der Waals surface area contributed by atoms with Crippen molar-refractivity contribution < 1.29 is 14.7 Å². The number of amides is 1. The third kappa shape index (κ3) is 7.55. The molecule has 4 N–H and O–H groups in total. The number of thioether (sulfide) groups is 1. The SMILES string of the molecule is CCCCC[C@H](NC(=O)[C@H](N)CCSC)C(=O)O. The number of rotatable bonds is 10. The number of carbonyl (C=O) groups is 2. The zero-order valence-electron chi connectivity index (χ0n) is 11.1. The van der Waals surface area contributed by atoms with Crippen LogP contribution in [0.5, 0.6) is 0 Å². The maximum atomic E-state index is 11.7. The van der Waals surface area contributed by atoms with Crippen molar-refractivity contribution in [3.05, 3.63) is 0 Å². The number of hydrogen-bond donors (Lipinski definition) is 3. The maximum absolute atomic E-state index is 11.7. The van der Waals surface area contributed by atoms with Gasteiger partial charge in [-0.1, -0.05) is 26.2 Å². The van der Waals surface area contributed by atoms with Crippen LogP contribution in [0.15, 0.2) is 0 Å². The molecule has 0 rings (SSSR count). The molecule has 18 heavy (non-hydrogen) atoms. The Kier molecular flexibility index (Phi) is 9.77. The Hall–Kier alpha value is -0.750. The van der Waals surface area contributed by atoms with E-state index in [1.165, 1.54) is 0 Å². The minimum absolute atomic E-state index is 0.368. The number of nitrogens with one attached hydrogen (secondary N) is 1. The molecule has 0 saturated carbocycles. The van der Waals surface area contributed by atoms with Crippen LogP contribution in [0.4, 0.5) is 0 Å². The first-order valence-corrected chi connectivity index (χ1v) is 7.70. The number of carboxylic acid groups (broad SMARTS) is 1. The van der Waals surface area contributed by atoms with Gasteiger partial charge < -0.3 is 16.2 Å². The molecule has 0 radical (unpaired) electrons. The number of hydrogen-bond acceptors (Lipinski definition) is 4. The van der Waals surface area contributed by atoms with Gasteiger partial charge in [0.25, 0.3) is 0 Å². The Bertz CT molecular complexity index is 262. The van der Waals surface area contributed by atoms with Gasteiger partial charge in [-0.05, 0) is 24.9 Å². The van der Waals surface area contributed by atoms with Gasteiger partial charge in [0.15, 0.2) is 0 Å². The van der Waals surface area contributed by atoms with Gasteiger partial charge in [-0.3, -0.25) is 4.79 Å². The van der Waals surface area contributed by atoms with E-state index in [9.17, 15) is 9.59 Å². The molecule has 0 spiro atoms. The lowest BCUT2D eigenvalue weighted by Crippen LogP contribution is -2.48. The molecule has 5 nitrogen and oxygen atoms in total. The van der Waals surface area contributed by atoms with E-state index in [4.69, 9.17) is 10.8 Å². The molecule has 0 saturated heterocycles. The fraction of sp³-hybridized carbons (Fsp3) is 0.833. The molecule has 1 amide bonds. The molecule has 0 bridgehead atoms. The van der Waals surface area contributed by atoms with Crippen molar-refractivity contribution in [2.75, 3.05) is 12.0 Å². The van der Waals surface area contributed by atoms with Crippen molar-refractivity contribution in [1.82, 2.24) is 5.32 Å². The van der Waals surface area contributed by atoms with E-state index in [0.717, 1.165) is 25.0 Å². The number of carboxylic acids is 1. The van der Waals surface area contributed by atoms with Crippen LogP contribution in [0.1, 0.15) is 39.0 Å². The third-order valence-corrected chi connectivity index (χ3v) is 3.32. The molecule has 106 valence electrons. The zero-order valence-corrected chi connectivity index (χ0v) is 12.0. The monoisotopic (exact) mass is 276 g/mol. The molecule has 0 aliphatic heterocycles. The molecule has 0 aromatic heterocycles. The van der Waals surface area contributed by atoms with Gasteiger partial charge in [-0.15, -0.1) is 0 Å². The van der Waals surface area contributed by atoms with E-state index in [1.54, 1.807) is 11.8 Å². The van der Waals surface area contributed by atoms with Gasteiger partial charge in [0, 0.05) is 0 Å². The lowest BCUT2D eigenvalue weighted by atomic mass is 10.1. The Morgan fingerprint density at radius 3 is 2.50 bits per heavy atom. The molecule has 0 aliphatic carbocycles. The average Bonchev–Trinajstić information content (AvgIpc) is 2.34. The number of nitrogens with two attached hydrogens (primary N) is 1. The molecule has 0 aromatic carbocycles. The molecule has 0 heterocycles. The highest BCUT2D eigenvalue weighted by atomic mass is 32.2. The number of unbranched alkanes of at least 4 members (excludes halogenated alkanes) is 2. The first-order valence-electron chi connectivity index (χ1n) is 6.30. The summed E-state index contributed by atoms with van der Waals surface area (Å²) in [5.41, 5.74) is 5.69. The van der Waals surface area contributed by atoms with Crippen LogP contribution in [0.2, 0.25) is 0 Å². The lowest BCUT2D eigenvalue weighted by molar-refractivity contribution is -0.142. The number of aliphatic carboxylic acids is 1.